The van der Waals surface area contributed by atoms with Gasteiger partial charge in [-0.1, -0.05) is 6.92 Å². The number of amides is 1. The lowest BCUT2D eigenvalue weighted by atomic mass is 9.94. The van der Waals surface area contributed by atoms with Gasteiger partial charge in [0.25, 0.3) is 0 Å². The molecule has 1 fully saturated rings. The summed E-state index contributed by atoms with van der Waals surface area (Å²) in [5, 5.41) is 11.5. The number of nitrogens with zero attached hydrogens (tertiary/aromatic N) is 1. The number of nitrogens with one attached hydrogen (secondary N) is 1. The zero-order chi connectivity index (χ0) is 13.1. The summed E-state index contributed by atoms with van der Waals surface area (Å²) in [4.78, 5) is 23.9. The Morgan fingerprint density at radius 3 is 2.59 bits per heavy atom. The number of carboxylic acids is 1. The average molecular weight is 244 g/mol. The van der Waals surface area contributed by atoms with E-state index in [2.05, 4.69) is 5.32 Å². The molecule has 17 heavy (non-hydrogen) atoms. The quantitative estimate of drug-likeness (QED) is 0.661. The van der Waals surface area contributed by atoms with Crippen LogP contribution in [-0.2, 0) is 14.3 Å². The maximum Gasteiger partial charge on any atom is 0.329 e. The van der Waals surface area contributed by atoms with Gasteiger partial charge in [0.1, 0.15) is 12.2 Å². The van der Waals surface area contributed by atoms with Gasteiger partial charge in [-0.25, -0.2) is 4.79 Å². The molecule has 6 nitrogen and oxygen atoms in total. The summed E-state index contributed by atoms with van der Waals surface area (Å²) >= 11 is 0. The van der Waals surface area contributed by atoms with Gasteiger partial charge in [0.05, 0.1) is 13.1 Å². The van der Waals surface area contributed by atoms with E-state index in [9.17, 15) is 9.59 Å². The molecule has 98 valence electrons. The summed E-state index contributed by atoms with van der Waals surface area (Å²) in [5.74, 6) is -0.973. The lowest BCUT2D eigenvalue weighted by Crippen LogP contribution is -2.64. The van der Waals surface area contributed by atoms with Gasteiger partial charge in [-0.3, -0.25) is 4.79 Å². The molecule has 1 unspecified atom stereocenters. The van der Waals surface area contributed by atoms with Crippen molar-refractivity contribution in [2.24, 2.45) is 5.92 Å². The van der Waals surface area contributed by atoms with Crippen LogP contribution < -0.4 is 5.32 Å². The minimum atomic E-state index is -0.987. The van der Waals surface area contributed by atoms with E-state index in [0.717, 1.165) is 0 Å². The third-order valence-electron chi connectivity index (χ3n) is 2.84. The smallest absolute Gasteiger partial charge is 0.329 e. The number of hydrogen-bond donors (Lipinski definition) is 2. The van der Waals surface area contributed by atoms with Crippen LogP contribution in [0, 0.1) is 5.92 Å². The summed E-state index contributed by atoms with van der Waals surface area (Å²) < 4.78 is 5.24. The molecular formula is C11H20N2O4. The van der Waals surface area contributed by atoms with E-state index in [4.69, 9.17) is 9.84 Å². The molecule has 2 N–H and O–H groups in total. The molecule has 6 heteroatoms. The van der Waals surface area contributed by atoms with Crippen molar-refractivity contribution in [3.8, 4) is 0 Å². The topological polar surface area (TPSA) is 78.9 Å². The summed E-state index contributed by atoms with van der Waals surface area (Å²) in [5.41, 5.74) is -0.507. The Balaban J connectivity index is 2.34. The minimum absolute atomic E-state index is 0.0657. The fraction of sp³-hybridized carbons (Fsp3) is 0.818. The first-order valence-electron chi connectivity index (χ1n) is 5.67. The standard InChI is InChI=1S/C11H20N2O4/c1-8(4-12-3)10(16)13-6-11(2,7-13)17-5-9(14)15/h8,12H,4-7H2,1-3H3,(H,14,15). The largest absolute Gasteiger partial charge is 0.480 e. The van der Waals surface area contributed by atoms with Crippen molar-refractivity contribution in [1.82, 2.24) is 10.2 Å². The van der Waals surface area contributed by atoms with Gasteiger partial charge in [0.15, 0.2) is 0 Å². The van der Waals surface area contributed by atoms with Crippen LogP contribution in [0.15, 0.2) is 0 Å². The van der Waals surface area contributed by atoms with Gasteiger partial charge in [-0.15, -0.1) is 0 Å². The SMILES string of the molecule is CNCC(C)C(=O)N1CC(C)(OCC(=O)O)C1. The van der Waals surface area contributed by atoms with Crippen molar-refractivity contribution in [3.63, 3.8) is 0 Å². The number of aliphatic carboxylic acids is 1. The Morgan fingerprint density at radius 2 is 2.12 bits per heavy atom. The van der Waals surface area contributed by atoms with E-state index in [1.165, 1.54) is 0 Å². The summed E-state index contributed by atoms with van der Waals surface area (Å²) in [7, 11) is 1.81. The van der Waals surface area contributed by atoms with E-state index >= 15 is 0 Å². The first-order chi connectivity index (χ1) is 7.88. The number of carbonyl (C=O) groups is 2. The molecular weight excluding hydrogens is 224 g/mol. The molecule has 0 saturated carbocycles. The van der Waals surface area contributed by atoms with E-state index in [0.29, 0.717) is 19.6 Å². The molecule has 1 atom stereocenters. The number of carboxylic acid groups (broad SMARTS) is 1. The number of carbonyl (C=O) groups excluding carboxylic acids is 1. The highest BCUT2D eigenvalue weighted by Gasteiger charge is 2.43. The lowest BCUT2D eigenvalue weighted by Gasteiger charge is -2.48. The van der Waals surface area contributed by atoms with E-state index in [1.54, 1.807) is 11.9 Å². The number of ether oxygens (including phenoxy) is 1. The molecule has 1 amide bonds. The number of hydrogen-bond acceptors (Lipinski definition) is 4. The average Bonchev–Trinajstić information content (AvgIpc) is 2.22. The van der Waals surface area contributed by atoms with Crippen LogP contribution in [0.2, 0.25) is 0 Å². The second-order valence-corrected chi connectivity index (χ2v) is 4.79. The van der Waals surface area contributed by atoms with Crippen molar-refractivity contribution < 1.29 is 19.4 Å². The summed E-state index contributed by atoms with van der Waals surface area (Å²) in [6.07, 6.45) is 0. The van der Waals surface area contributed by atoms with Gasteiger partial charge < -0.3 is 20.1 Å². The molecule has 0 radical (unpaired) electrons. The van der Waals surface area contributed by atoms with E-state index in [1.807, 2.05) is 13.8 Å². The Kier molecular flexibility index (Phi) is 4.47. The lowest BCUT2D eigenvalue weighted by molar-refractivity contribution is -0.175. The Labute approximate surface area is 101 Å². The molecule has 1 aliphatic rings. The fourth-order valence-electron chi connectivity index (χ4n) is 1.95. The van der Waals surface area contributed by atoms with Crippen LogP contribution in [0.1, 0.15) is 13.8 Å². The van der Waals surface area contributed by atoms with Gasteiger partial charge >= 0.3 is 5.97 Å². The molecule has 0 spiro atoms. The Morgan fingerprint density at radius 1 is 1.53 bits per heavy atom. The first kappa shape index (κ1) is 13.9. The highest BCUT2D eigenvalue weighted by Crippen LogP contribution is 2.25. The number of rotatable bonds is 6. The maximum absolute atomic E-state index is 11.9. The van der Waals surface area contributed by atoms with Crippen LogP contribution >= 0.6 is 0 Å². The molecule has 1 heterocycles. The molecule has 0 aromatic rings. The Bertz CT molecular complexity index is 300. The maximum atomic E-state index is 11.9. The van der Waals surface area contributed by atoms with Gasteiger partial charge in [-0.05, 0) is 14.0 Å². The van der Waals surface area contributed by atoms with Crippen molar-refractivity contribution in [1.29, 1.82) is 0 Å². The highest BCUT2D eigenvalue weighted by molar-refractivity contribution is 5.80. The van der Waals surface area contributed by atoms with Crippen molar-refractivity contribution in [2.45, 2.75) is 19.4 Å². The van der Waals surface area contributed by atoms with Crippen molar-refractivity contribution >= 4 is 11.9 Å². The molecule has 0 aliphatic carbocycles. The van der Waals surface area contributed by atoms with Crippen molar-refractivity contribution in [2.75, 3.05) is 33.3 Å². The van der Waals surface area contributed by atoms with Gasteiger partial charge in [-0.2, -0.15) is 0 Å². The monoisotopic (exact) mass is 244 g/mol. The molecule has 1 saturated heterocycles. The highest BCUT2D eigenvalue weighted by atomic mass is 16.5. The molecule has 0 bridgehead atoms. The molecule has 1 aliphatic heterocycles. The van der Waals surface area contributed by atoms with Crippen LogP contribution in [0.4, 0.5) is 0 Å². The second-order valence-electron chi connectivity index (χ2n) is 4.79. The van der Waals surface area contributed by atoms with Crippen LogP contribution in [0.5, 0.6) is 0 Å². The predicted molar refractivity (Wildman–Crippen MR) is 61.7 cm³/mol. The summed E-state index contributed by atoms with van der Waals surface area (Å²) in [6, 6.07) is 0. The molecule has 1 rings (SSSR count). The summed E-state index contributed by atoms with van der Waals surface area (Å²) in [6.45, 7) is 4.95. The van der Waals surface area contributed by atoms with Crippen LogP contribution in [0.3, 0.4) is 0 Å². The first-order valence-corrected chi connectivity index (χ1v) is 5.67. The molecule has 0 aromatic carbocycles. The second kappa shape index (κ2) is 5.46. The zero-order valence-corrected chi connectivity index (χ0v) is 10.5. The predicted octanol–water partition coefficient (Wildman–Crippen LogP) is -0.456. The van der Waals surface area contributed by atoms with Gasteiger partial charge in [0.2, 0.25) is 5.91 Å². The van der Waals surface area contributed by atoms with Gasteiger partial charge in [0, 0.05) is 12.5 Å². The normalized spacial score (nSPS) is 19.6. The van der Waals surface area contributed by atoms with Crippen molar-refractivity contribution in [3.05, 3.63) is 0 Å². The van der Waals surface area contributed by atoms with E-state index in [-0.39, 0.29) is 18.4 Å². The van der Waals surface area contributed by atoms with Crippen LogP contribution in [0.25, 0.3) is 0 Å². The van der Waals surface area contributed by atoms with Crippen LogP contribution in [-0.4, -0.2) is 60.8 Å². The Hall–Kier alpha value is -1.14. The third kappa shape index (κ3) is 3.67. The fourth-order valence-corrected chi connectivity index (χ4v) is 1.95. The van der Waals surface area contributed by atoms with E-state index < -0.39 is 11.6 Å². The third-order valence-corrected chi connectivity index (χ3v) is 2.84. The number of likely N-dealkylation sites (tertiary alicyclic amines) is 1. The molecule has 0 aromatic heterocycles. The zero-order valence-electron chi connectivity index (χ0n) is 10.5. The minimum Gasteiger partial charge on any atom is -0.480 e.